The van der Waals surface area contributed by atoms with Crippen LogP contribution < -0.4 is 5.73 Å². The largest absolute Gasteiger partial charge is 0.399 e. The van der Waals surface area contributed by atoms with E-state index in [1.54, 1.807) is 12.1 Å². The van der Waals surface area contributed by atoms with Crippen LogP contribution in [0.25, 0.3) is 0 Å². The number of hydrogen-bond acceptors (Lipinski definition) is 3. The summed E-state index contributed by atoms with van der Waals surface area (Å²) in [6.45, 7) is 7.85. The van der Waals surface area contributed by atoms with E-state index in [0.29, 0.717) is 17.3 Å². The van der Waals surface area contributed by atoms with E-state index < -0.39 is 0 Å². The van der Waals surface area contributed by atoms with Gasteiger partial charge in [0.1, 0.15) is 0 Å². The van der Waals surface area contributed by atoms with E-state index >= 15 is 0 Å². The Morgan fingerprint density at radius 3 is 2.74 bits per heavy atom. The van der Waals surface area contributed by atoms with E-state index in [1.807, 2.05) is 11.0 Å². The first-order chi connectivity index (χ1) is 9.01. The number of amides is 1. The molecule has 0 bridgehead atoms. The van der Waals surface area contributed by atoms with Crippen LogP contribution in [0.1, 0.15) is 24.2 Å². The van der Waals surface area contributed by atoms with E-state index in [4.69, 9.17) is 5.73 Å². The van der Waals surface area contributed by atoms with E-state index in [1.165, 1.54) is 0 Å². The second kappa shape index (κ2) is 5.92. The first kappa shape index (κ1) is 14.3. The average Bonchev–Trinajstić information content (AvgIpc) is 2.36. The first-order valence-electron chi connectivity index (χ1n) is 6.60. The molecule has 19 heavy (non-hydrogen) atoms. The summed E-state index contributed by atoms with van der Waals surface area (Å²) in [5.41, 5.74) is 7.05. The summed E-state index contributed by atoms with van der Waals surface area (Å²) in [7, 11) is 0. The molecular formula is C14H20BrN3O. The number of carbonyl (C=O) groups excluding carboxylic acids is 1. The average molecular weight is 326 g/mol. The van der Waals surface area contributed by atoms with Gasteiger partial charge in [0.2, 0.25) is 0 Å². The minimum absolute atomic E-state index is 0.0654. The maximum Gasteiger partial charge on any atom is 0.254 e. The van der Waals surface area contributed by atoms with Crippen molar-refractivity contribution in [2.24, 2.45) is 0 Å². The topological polar surface area (TPSA) is 49.6 Å². The quantitative estimate of drug-likeness (QED) is 0.848. The number of nitrogens with zero attached hydrogens (tertiary/aromatic N) is 2. The second-order valence-electron chi connectivity index (χ2n) is 5.00. The van der Waals surface area contributed by atoms with E-state index in [9.17, 15) is 4.79 Å². The van der Waals surface area contributed by atoms with Gasteiger partial charge >= 0.3 is 0 Å². The van der Waals surface area contributed by atoms with Crippen molar-refractivity contribution >= 4 is 27.5 Å². The summed E-state index contributed by atoms with van der Waals surface area (Å²) in [6.07, 6.45) is 0. The highest BCUT2D eigenvalue weighted by molar-refractivity contribution is 9.10. The molecule has 1 aliphatic rings. The van der Waals surface area contributed by atoms with Gasteiger partial charge < -0.3 is 10.6 Å². The number of benzene rings is 1. The number of nitrogen functional groups attached to an aromatic ring is 1. The summed E-state index contributed by atoms with van der Waals surface area (Å²) >= 11 is 3.38. The lowest BCUT2D eigenvalue weighted by molar-refractivity contribution is 0.0528. The Morgan fingerprint density at radius 2 is 2.16 bits per heavy atom. The Kier molecular flexibility index (Phi) is 4.47. The van der Waals surface area contributed by atoms with Crippen molar-refractivity contribution in [3.8, 4) is 0 Å². The van der Waals surface area contributed by atoms with Crippen LogP contribution >= 0.6 is 15.9 Å². The molecule has 104 valence electrons. The van der Waals surface area contributed by atoms with Crippen LogP contribution in [0.2, 0.25) is 0 Å². The Bertz CT molecular complexity index is 458. The lowest BCUT2D eigenvalue weighted by Crippen LogP contribution is -2.53. The molecule has 0 aromatic heterocycles. The third-order valence-corrected chi connectivity index (χ3v) is 4.08. The number of carbonyl (C=O) groups is 1. The predicted octanol–water partition coefficient (Wildman–Crippen LogP) is 2.20. The predicted molar refractivity (Wildman–Crippen MR) is 81.2 cm³/mol. The highest BCUT2D eigenvalue weighted by atomic mass is 79.9. The van der Waals surface area contributed by atoms with Crippen molar-refractivity contribution in [2.75, 3.05) is 31.9 Å². The van der Waals surface area contributed by atoms with Gasteiger partial charge in [-0.25, -0.2) is 0 Å². The van der Waals surface area contributed by atoms with Gasteiger partial charge in [0.05, 0.1) is 0 Å². The number of likely N-dealkylation sites (N-methyl/N-ethyl adjacent to an activating group) is 1. The molecule has 1 fully saturated rings. The van der Waals surface area contributed by atoms with Crippen LogP contribution in [0.4, 0.5) is 5.69 Å². The summed E-state index contributed by atoms with van der Waals surface area (Å²) in [5, 5.41) is 0. The number of piperazine rings is 1. The number of rotatable bonds is 2. The van der Waals surface area contributed by atoms with Crippen molar-refractivity contribution in [3.05, 3.63) is 28.2 Å². The lowest BCUT2D eigenvalue weighted by Gasteiger charge is -2.39. The highest BCUT2D eigenvalue weighted by Crippen LogP contribution is 2.20. The van der Waals surface area contributed by atoms with Gasteiger partial charge in [0, 0.05) is 41.4 Å². The fraction of sp³-hybridized carbons (Fsp3) is 0.500. The summed E-state index contributed by atoms with van der Waals surface area (Å²) in [6, 6.07) is 5.78. The maximum atomic E-state index is 12.5. The molecule has 2 N–H and O–H groups in total. The molecule has 1 aliphatic heterocycles. The molecule has 0 spiro atoms. The standard InChI is InChI=1S/C14H20BrN3O/c1-3-17-4-5-18(9-10(17)2)14(19)11-6-12(15)8-13(16)7-11/h6-8,10H,3-5,9,16H2,1-2H3. The molecule has 0 aliphatic carbocycles. The number of anilines is 1. The van der Waals surface area contributed by atoms with E-state index in [-0.39, 0.29) is 5.91 Å². The van der Waals surface area contributed by atoms with Crippen LogP contribution in [0.5, 0.6) is 0 Å². The molecule has 0 radical (unpaired) electrons. The molecule has 1 amide bonds. The number of halogens is 1. The van der Waals surface area contributed by atoms with Gasteiger partial charge in [-0.3, -0.25) is 9.69 Å². The molecule has 1 unspecified atom stereocenters. The third-order valence-electron chi connectivity index (χ3n) is 3.63. The minimum atomic E-state index is 0.0654. The van der Waals surface area contributed by atoms with Crippen LogP contribution in [-0.4, -0.2) is 47.9 Å². The molecule has 1 atom stereocenters. The Hall–Kier alpha value is -1.07. The molecule has 1 aromatic rings. The molecule has 1 heterocycles. The van der Waals surface area contributed by atoms with Crippen molar-refractivity contribution in [1.29, 1.82) is 0 Å². The summed E-state index contributed by atoms with van der Waals surface area (Å²) in [5.74, 6) is 0.0654. The van der Waals surface area contributed by atoms with Crippen LogP contribution in [0.3, 0.4) is 0 Å². The highest BCUT2D eigenvalue weighted by Gasteiger charge is 2.26. The van der Waals surface area contributed by atoms with Crippen molar-refractivity contribution in [2.45, 2.75) is 19.9 Å². The van der Waals surface area contributed by atoms with Crippen LogP contribution in [-0.2, 0) is 0 Å². The zero-order valence-corrected chi connectivity index (χ0v) is 13.0. The fourth-order valence-electron chi connectivity index (χ4n) is 2.57. The van der Waals surface area contributed by atoms with Gasteiger partial charge in [-0.15, -0.1) is 0 Å². The minimum Gasteiger partial charge on any atom is -0.399 e. The molecular weight excluding hydrogens is 306 g/mol. The molecule has 2 rings (SSSR count). The summed E-state index contributed by atoms with van der Waals surface area (Å²) < 4.78 is 0.844. The monoisotopic (exact) mass is 325 g/mol. The fourth-order valence-corrected chi connectivity index (χ4v) is 3.08. The molecule has 1 aromatic carbocycles. The zero-order valence-electron chi connectivity index (χ0n) is 11.4. The van der Waals surface area contributed by atoms with Crippen molar-refractivity contribution in [3.63, 3.8) is 0 Å². The Morgan fingerprint density at radius 1 is 1.42 bits per heavy atom. The normalized spacial score (nSPS) is 20.6. The summed E-state index contributed by atoms with van der Waals surface area (Å²) in [4.78, 5) is 16.8. The van der Waals surface area contributed by atoms with E-state index in [0.717, 1.165) is 30.7 Å². The Labute approximate surface area is 122 Å². The second-order valence-corrected chi connectivity index (χ2v) is 5.92. The van der Waals surface area contributed by atoms with Gasteiger partial charge in [0.25, 0.3) is 5.91 Å². The van der Waals surface area contributed by atoms with E-state index in [2.05, 4.69) is 34.7 Å². The zero-order chi connectivity index (χ0) is 14.0. The molecule has 4 nitrogen and oxygen atoms in total. The molecule has 1 saturated heterocycles. The smallest absolute Gasteiger partial charge is 0.254 e. The van der Waals surface area contributed by atoms with Gasteiger partial charge in [0.15, 0.2) is 0 Å². The van der Waals surface area contributed by atoms with Crippen LogP contribution in [0, 0.1) is 0 Å². The third kappa shape index (κ3) is 3.28. The molecule has 5 heteroatoms. The SMILES string of the molecule is CCN1CCN(C(=O)c2cc(N)cc(Br)c2)CC1C. The maximum absolute atomic E-state index is 12.5. The van der Waals surface area contributed by atoms with Gasteiger partial charge in [-0.1, -0.05) is 22.9 Å². The van der Waals surface area contributed by atoms with Gasteiger partial charge in [-0.2, -0.15) is 0 Å². The first-order valence-corrected chi connectivity index (χ1v) is 7.40. The van der Waals surface area contributed by atoms with Gasteiger partial charge in [-0.05, 0) is 31.7 Å². The number of nitrogens with two attached hydrogens (primary N) is 1. The lowest BCUT2D eigenvalue weighted by atomic mass is 10.1. The molecule has 0 saturated carbocycles. The van der Waals surface area contributed by atoms with Crippen LogP contribution in [0.15, 0.2) is 22.7 Å². The Balaban J connectivity index is 2.12. The number of hydrogen-bond donors (Lipinski definition) is 1. The van der Waals surface area contributed by atoms with Crippen molar-refractivity contribution in [1.82, 2.24) is 9.80 Å². The van der Waals surface area contributed by atoms with Crippen molar-refractivity contribution < 1.29 is 4.79 Å².